The van der Waals surface area contributed by atoms with E-state index in [4.69, 9.17) is 4.74 Å². The molecule has 0 amide bonds. The highest BCUT2D eigenvalue weighted by Crippen LogP contribution is 1.92. The SMILES string of the molecule is CCOCCN(C)C(C)CNC. The Labute approximate surface area is 76.1 Å². The summed E-state index contributed by atoms with van der Waals surface area (Å²) in [5.74, 6) is 0. The smallest absolute Gasteiger partial charge is 0.0593 e. The van der Waals surface area contributed by atoms with Crippen LogP contribution in [0.25, 0.3) is 0 Å². The Kier molecular flexibility index (Phi) is 7.45. The minimum Gasteiger partial charge on any atom is -0.380 e. The lowest BCUT2D eigenvalue weighted by Gasteiger charge is -2.23. The van der Waals surface area contributed by atoms with Crippen molar-refractivity contribution in [2.45, 2.75) is 19.9 Å². The van der Waals surface area contributed by atoms with E-state index in [0.29, 0.717) is 6.04 Å². The lowest BCUT2D eigenvalue weighted by molar-refractivity contribution is 0.110. The quantitative estimate of drug-likeness (QED) is 0.571. The third-order valence-electron chi connectivity index (χ3n) is 2.04. The van der Waals surface area contributed by atoms with Gasteiger partial charge in [0.05, 0.1) is 6.61 Å². The van der Waals surface area contributed by atoms with Crippen molar-refractivity contribution in [3.8, 4) is 0 Å². The fourth-order valence-corrected chi connectivity index (χ4v) is 1.02. The van der Waals surface area contributed by atoms with Crippen LogP contribution in [-0.4, -0.2) is 51.3 Å². The van der Waals surface area contributed by atoms with Gasteiger partial charge in [0.2, 0.25) is 0 Å². The molecule has 0 aromatic rings. The molecule has 74 valence electrons. The van der Waals surface area contributed by atoms with Crippen LogP contribution in [0.1, 0.15) is 13.8 Å². The molecule has 0 spiro atoms. The zero-order valence-electron chi connectivity index (χ0n) is 8.76. The second-order valence-electron chi connectivity index (χ2n) is 3.08. The summed E-state index contributed by atoms with van der Waals surface area (Å²) in [5, 5.41) is 3.16. The molecule has 1 N–H and O–H groups in total. The van der Waals surface area contributed by atoms with Crippen molar-refractivity contribution >= 4 is 0 Å². The molecule has 0 rings (SSSR count). The fourth-order valence-electron chi connectivity index (χ4n) is 1.02. The van der Waals surface area contributed by atoms with Crippen LogP contribution >= 0.6 is 0 Å². The molecule has 0 saturated heterocycles. The van der Waals surface area contributed by atoms with E-state index < -0.39 is 0 Å². The van der Waals surface area contributed by atoms with Crippen molar-refractivity contribution in [1.82, 2.24) is 10.2 Å². The standard InChI is InChI=1S/C9H22N2O/c1-5-12-7-6-11(4)9(2)8-10-3/h9-10H,5-8H2,1-4H3. The third-order valence-corrected chi connectivity index (χ3v) is 2.04. The van der Waals surface area contributed by atoms with E-state index in [1.807, 2.05) is 14.0 Å². The average molecular weight is 174 g/mol. The molecular weight excluding hydrogens is 152 g/mol. The first-order valence-electron chi connectivity index (χ1n) is 4.65. The Morgan fingerprint density at radius 2 is 2.17 bits per heavy atom. The van der Waals surface area contributed by atoms with Gasteiger partial charge in [0.25, 0.3) is 0 Å². The van der Waals surface area contributed by atoms with E-state index in [1.165, 1.54) is 0 Å². The molecule has 3 nitrogen and oxygen atoms in total. The van der Waals surface area contributed by atoms with Gasteiger partial charge in [0.15, 0.2) is 0 Å². The van der Waals surface area contributed by atoms with Gasteiger partial charge in [-0.3, -0.25) is 0 Å². The summed E-state index contributed by atoms with van der Waals surface area (Å²) in [6, 6.07) is 0.579. The summed E-state index contributed by atoms with van der Waals surface area (Å²) in [4.78, 5) is 2.30. The van der Waals surface area contributed by atoms with Gasteiger partial charge in [-0.05, 0) is 27.9 Å². The van der Waals surface area contributed by atoms with Gasteiger partial charge in [-0.1, -0.05) is 0 Å². The molecule has 0 radical (unpaired) electrons. The van der Waals surface area contributed by atoms with Gasteiger partial charge in [0, 0.05) is 25.7 Å². The Bertz CT molecular complexity index is 98.5. The second kappa shape index (κ2) is 7.53. The number of nitrogens with zero attached hydrogens (tertiary/aromatic N) is 1. The van der Waals surface area contributed by atoms with Crippen LogP contribution in [0.5, 0.6) is 0 Å². The minimum atomic E-state index is 0.579. The van der Waals surface area contributed by atoms with Crippen molar-refractivity contribution in [3.63, 3.8) is 0 Å². The summed E-state index contributed by atoms with van der Waals surface area (Å²) in [6.45, 7) is 7.92. The van der Waals surface area contributed by atoms with Crippen LogP contribution < -0.4 is 5.32 Å². The number of hydrogen-bond acceptors (Lipinski definition) is 3. The van der Waals surface area contributed by atoms with Crippen LogP contribution in [0.3, 0.4) is 0 Å². The number of likely N-dealkylation sites (N-methyl/N-ethyl adjacent to an activating group) is 2. The molecule has 0 aliphatic carbocycles. The maximum Gasteiger partial charge on any atom is 0.0593 e. The van der Waals surface area contributed by atoms with Crippen LogP contribution in [0.2, 0.25) is 0 Å². The lowest BCUT2D eigenvalue weighted by atomic mass is 10.3. The summed E-state index contributed by atoms with van der Waals surface area (Å²) in [7, 11) is 4.11. The first kappa shape index (κ1) is 11.9. The molecule has 0 bridgehead atoms. The maximum absolute atomic E-state index is 5.27. The Balaban J connectivity index is 3.35. The van der Waals surface area contributed by atoms with E-state index in [2.05, 4.69) is 24.2 Å². The second-order valence-corrected chi connectivity index (χ2v) is 3.08. The predicted octanol–water partition coefficient (Wildman–Crippen LogP) is 0.563. The monoisotopic (exact) mass is 174 g/mol. The zero-order valence-corrected chi connectivity index (χ0v) is 8.76. The van der Waals surface area contributed by atoms with Gasteiger partial charge in [0.1, 0.15) is 0 Å². The third kappa shape index (κ3) is 5.52. The van der Waals surface area contributed by atoms with Crippen molar-refractivity contribution in [3.05, 3.63) is 0 Å². The van der Waals surface area contributed by atoms with E-state index >= 15 is 0 Å². The summed E-state index contributed by atoms with van der Waals surface area (Å²) < 4.78 is 5.27. The number of hydrogen-bond donors (Lipinski definition) is 1. The van der Waals surface area contributed by atoms with Gasteiger partial charge in [-0.15, -0.1) is 0 Å². The minimum absolute atomic E-state index is 0.579. The first-order valence-corrected chi connectivity index (χ1v) is 4.65. The molecule has 12 heavy (non-hydrogen) atoms. The Morgan fingerprint density at radius 3 is 2.67 bits per heavy atom. The Morgan fingerprint density at radius 1 is 1.50 bits per heavy atom. The molecule has 3 heteroatoms. The maximum atomic E-state index is 5.27. The van der Waals surface area contributed by atoms with Gasteiger partial charge < -0.3 is 15.0 Å². The molecule has 0 fully saturated rings. The summed E-state index contributed by atoms with van der Waals surface area (Å²) >= 11 is 0. The largest absolute Gasteiger partial charge is 0.380 e. The summed E-state index contributed by atoms with van der Waals surface area (Å²) in [6.07, 6.45) is 0. The molecule has 0 aromatic carbocycles. The van der Waals surface area contributed by atoms with Gasteiger partial charge in [-0.2, -0.15) is 0 Å². The zero-order chi connectivity index (χ0) is 9.40. The van der Waals surface area contributed by atoms with E-state index in [9.17, 15) is 0 Å². The highest BCUT2D eigenvalue weighted by atomic mass is 16.5. The number of rotatable bonds is 7. The fraction of sp³-hybridized carbons (Fsp3) is 1.00. The van der Waals surface area contributed by atoms with Gasteiger partial charge >= 0.3 is 0 Å². The normalized spacial score (nSPS) is 13.8. The topological polar surface area (TPSA) is 24.5 Å². The highest BCUT2D eigenvalue weighted by molar-refractivity contribution is 4.64. The van der Waals surface area contributed by atoms with Crippen molar-refractivity contribution < 1.29 is 4.74 Å². The van der Waals surface area contributed by atoms with Gasteiger partial charge in [-0.25, -0.2) is 0 Å². The first-order chi connectivity index (χ1) is 5.72. The molecule has 0 aromatic heterocycles. The van der Waals surface area contributed by atoms with Crippen molar-refractivity contribution in [2.24, 2.45) is 0 Å². The van der Waals surface area contributed by atoms with Crippen LogP contribution in [0, 0.1) is 0 Å². The summed E-state index contributed by atoms with van der Waals surface area (Å²) in [5.41, 5.74) is 0. The molecule has 0 aliphatic rings. The molecule has 1 unspecified atom stereocenters. The van der Waals surface area contributed by atoms with E-state index in [1.54, 1.807) is 0 Å². The molecule has 1 atom stereocenters. The van der Waals surface area contributed by atoms with E-state index in [0.717, 1.165) is 26.3 Å². The highest BCUT2D eigenvalue weighted by Gasteiger charge is 2.06. The molecular formula is C9H22N2O. The predicted molar refractivity (Wildman–Crippen MR) is 52.5 cm³/mol. The average Bonchev–Trinajstić information content (AvgIpc) is 2.05. The van der Waals surface area contributed by atoms with Crippen molar-refractivity contribution in [2.75, 3.05) is 40.4 Å². The lowest BCUT2D eigenvalue weighted by Crippen LogP contribution is -2.38. The van der Waals surface area contributed by atoms with Crippen LogP contribution in [0.15, 0.2) is 0 Å². The van der Waals surface area contributed by atoms with Crippen molar-refractivity contribution in [1.29, 1.82) is 0 Å². The molecule has 0 saturated carbocycles. The Hall–Kier alpha value is -0.120. The van der Waals surface area contributed by atoms with E-state index in [-0.39, 0.29) is 0 Å². The number of ether oxygens (including phenoxy) is 1. The van der Waals surface area contributed by atoms with Crippen LogP contribution in [-0.2, 0) is 4.74 Å². The molecule has 0 heterocycles. The van der Waals surface area contributed by atoms with Crippen LogP contribution in [0.4, 0.5) is 0 Å². The molecule has 0 aliphatic heterocycles. The number of nitrogens with one attached hydrogen (secondary N) is 1.